The van der Waals surface area contributed by atoms with Crippen molar-refractivity contribution in [1.82, 2.24) is 0 Å². The molecule has 0 radical (unpaired) electrons. The first kappa shape index (κ1) is 47.7. The molecule has 0 saturated heterocycles. The molecule has 0 aromatic carbocycles. The van der Waals surface area contributed by atoms with E-state index in [0.717, 1.165) is 57.8 Å². The van der Waals surface area contributed by atoms with Crippen molar-refractivity contribution in [2.75, 3.05) is 33.0 Å². The number of allylic oxidation sites excluding steroid dienone is 6. The SMILES string of the molecule is CC/C=C\C/C=C\C/C=C\CCCCCCCCCC(=O)OC(COCCCCCCCCCCCCCCC)COP(=O)(O)OCCN. The van der Waals surface area contributed by atoms with Gasteiger partial charge in [0, 0.05) is 19.6 Å². The van der Waals surface area contributed by atoms with E-state index < -0.39 is 13.9 Å². The maximum atomic E-state index is 12.5. The van der Waals surface area contributed by atoms with Crippen LogP contribution in [0.4, 0.5) is 0 Å². The lowest BCUT2D eigenvalue weighted by Gasteiger charge is -2.20. The van der Waals surface area contributed by atoms with Crippen LogP contribution in [0.2, 0.25) is 0 Å². The first-order chi connectivity index (χ1) is 23.9. The van der Waals surface area contributed by atoms with E-state index in [4.69, 9.17) is 24.3 Å². The second-order valence-corrected chi connectivity index (χ2v) is 14.6. The molecular weight excluding hydrogens is 637 g/mol. The van der Waals surface area contributed by atoms with Crippen LogP contribution in [0.3, 0.4) is 0 Å². The van der Waals surface area contributed by atoms with E-state index in [1.165, 1.54) is 96.3 Å². The molecule has 0 aliphatic rings. The van der Waals surface area contributed by atoms with Crippen molar-refractivity contribution in [2.24, 2.45) is 5.73 Å². The van der Waals surface area contributed by atoms with E-state index in [1.54, 1.807) is 0 Å². The van der Waals surface area contributed by atoms with Crippen LogP contribution in [0.1, 0.15) is 174 Å². The standard InChI is InChI=1S/C40H76NO7P/c1-3-5-7-9-11-13-15-17-18-19-20-21-23-25-27-29-31-33-40(42)48-39(38-47-49(43,44)46-36-34-41)37-45-35-32-30-28-26-24-22-16-14-12-10-8-6-4-2/h5,7,11,13,17-18,39H,3-4,6,8-10,12,14-16,19-38,41H2,1-2H3,(H,43,44)/b7-5-,13-11-,18-17-. The van der Waals surface area contributed by atoms with Gasteiger partial charge in [0.25, 0.3) is 0 Å². The summed E-state index contributed by atoms with van der Waals surface area (Å²) in [7, 11) is -4.27. The fourth-order valence-corrected chi connectivity index (χ4v) is 6.19. The van der Waals surface area contributed by atoms with Gasteiger partial charge in [0.1, 0.15) is 6.10 Å². The Balaban J connectivity index is 4.07. The van der Waals surface area contributed by atoms with E-state index in [-0.39, 0.29) is 32.3 Å². The summed E-state index contributed by atoms with van der Waals surface area (Å²) in [6.07, 6.45) is 41.5. The number of hydrogen-bond donors (Lipinski definition) is 2. The number of hydrogen-bond acceptors (Lipinski definition) is 7. The Morgan fingerprint density at radius 1 is 0.633 bits per heavy atom. The highest BCUT2D eigenvalue weighted by atomic mass is 31.2. The van der Waals surface area contributed by atoms with Gasteiger partial charge in [-0.1, -0.05) is 159 Å². The Morgan fingerprint density at radius 2 is 1.14 bits per heavy atom. The minimum absolute atomic E-state index is 0.0970. The van der Waals surface area contributed by atoms with Crippen LogP contribution in [0, 0.1) is 0 Å². The molecule has 2 unspecified atom stereocenters. The van der Waals surface area contributed by atoms with Crippen LogP contribution in [0.5, 0.6) is 0 Å². The Morgan fingerprint density at radius 3 is 1.71 bits per heavy atom. The third kappa shape index (κ3) is 37.8. The first-order valence-electron chi connectivity index (χ1n) is 20.0. The zero-order valence-electron chi connectivity index (χ0n) is 31.7. The number of phosphoric acid groups is 1. The number of nitrogens with two attached hydrogens (primary N) is 1. The lowest BCUT2D eigenvalue weighted by Crippen LogP contribution is -2.28. The smallest absolute Gasteiger partial charge is 0.457 e. The maximum absolute atomic E-state index is 12.5. The number of esters is 1. The van der Waals surface area contributed by atoms with Gasteiger partial charge in [-0.2, -0.15) is 0 Å². The highest BCUT2D eigenvalue weighted by molar-refractivity contribution is 7.47. The molecule has 0 aromatic rings. The fourth-order valence-electron chi connectivity index (χ4n) is 5.42. The second kappa shape index (κ2) is 38.0. The largest absolute Gasteiger partial charge is 0.472 e. The molecule has 288 valence electrons. The van der Waals surface area contributed by atoms with Gasteiger partial charge in [-0.3, -0.25) is 13.8 Å². The van der Waals surface area contributed by atoms with Crippen molar-refractivity contribution in [3.63, 3.8) is 0 Å². The molecular formula is C40H76NO7P. The number of carbonyl (C=O) groups excluding carboxylic acids is 1. The highest BCUT2D eigenvalue weighted by Crippen LogP contribution is 2.43. The summed E-state index contributed by atoms with van der Waals surface area (Å²) < 4.78 is 33.3. The molecule has 0 fully saturated rings. The predicted molar refractivity (Wildman–Crippen MR) is 206 cm³/mol. The lowest BCUT2D eigenvalue weighted by atomic mass is 10.0. The average Bonchev–Trinajstić information content (AvgIpc) is 3.09. The van der Waals surface area contributed by atoms with Crippen molar-refractivity contribution in [3.05, 3.63) is 36.5 Å². The van der Waals surface area contributed by atoms with E-state index in [0.29, 0.717) is 13.0 Å². The quantitative estimate of drug-likeness (QED) is 0.0281. The normalized spacial score (nSPS) is 14.0. The van der Waals surface area contributed by atoms with Gasteiger partial charge in [0.2, 0.25) is 0 Å². The highest BCUT2D eigenvalue weighted by Gasteiger charge is 2.25. The topological polar surface area (TPSA) is 117 Å². The summed E-state index contributed by atoms with van der Waals surface area (Å²) in [5.41, 5.74) is 5.36. The number of phosphoric ester groups is 1. The molecule has 3 N–H and O–H groups in total. The predicted octanol–water partition coefficient (Wildman–Crippen LogP) is 11.5. The molecule has 0 aliphatic heterocycles. The van der Waals surface area contributed by atoms with Crippen molar-refractivity contribution >= 4 is 13.8 Å². The molecule has 0 bridgehead atoms. The van der Waals surface area contributed by atoms with Crippen LogP contribution in [-0.4, -0.2) is 49.9 Å². The van der Waals surface area contributed by atoms with Gasteiger partial charge >= 0.3 is 13.8 Å². The Kier molecular flexibility index (Phi) is 37.0. The number of unbranched alkanes of at least 4 members (excludes halogenated alkanes) is 19. The van der Waals surface area contributed by atoms with Crippen LogP contribution >= 0.6 is 7.82 Å². The van der Waals surface area contributed by atoms with Crippen molar-refractivity contribution in [3.8, 4) is 0 Å². The van der Waals surface area contributed by atoms with Gasteiger partial charge in [-0.25, -0.2) is 4.57 Å². The minimum atomic E-state index is -4.27. The van der Waals surface area contributed by atoms with Crippen LogP contribution < -0.4 is 5.73 Å². The van der Waals surface area contributed by atoms with Gasteiger partial charge in [-0.15, -0.1) is 0 Å². The molecule has 9 heteroatoms. The Labute approximate surface area is 301 Å². The number of ether oxygens (including phenoxy) is 2. The van der Waals surface area contributed by atoms with E-state index in [2.05, 4.69) is 50.3 Å². The summed E-state index contributed by atoms with van der Waals surface area (Å²) in [4.78, 5) is 22.4. The zero-order chi connectivity index (χ0) is 35.9. The van der Waals surface area contributed by atoms with Gasteiger partial charge in [0.05, 0.1) is 19.8 Å². The molecule has 0 spiro atoms. The summed E-state index contributed by atoms with van der Waals surface area (Å²) >= 11 is 0. The number of carbonyl (C=O) groups is 1. The van der Waals surface area contributed by atoms with Crippen LogP contribution in [0.15, 0.2) is 36.5 Å². The molecule has 0 rings (SSSR count). The average molecular weight is 714 g/mol. The van der Waals surface area contributed by atoms with Crippen LogP contribution in [-0.2, 0) is 27.9 Å². The summed E-state index contributed by atoms with van der Waals surface area (Å²) in [6.45, 7) is 4.81. The molecule has 0 heterocycles. The third-order valence-electron chi connectivity index (χ3n) is 8.32. The summed E-state index contributed by atoms with van der Waals surface area (Å²) in [5.74, 6) is -0.340. The van der Waals surface area contributed by atoms with E-state index in [9.17, 15) is 14.3 Å². The second-order valence-electron chi connectivity index (χ2n) is 13.1. The first-order valence-corrected chi connectivity index (χ1v) is 21.5. The van der Waals surface area contributed by atoms with Crippen molar-refractivity contribution < 1.29 is 32.8 Å². The monoisotopic (exact) mass is 714 g/mol. The van der Waals surface area contributed by atoms with E-state index in [1.807, 2.05) is 0 Å². The molecule has 8 nitrogen and oxygen atoms in total. The minimum Gasteiger partial charge on any atom is -0.457 e. The Bertz CT molecular complexity index is 848. The van der Waals surface area contributed by atoms with Crippen LogP contribution in [0.25, 0.3) is 0 Å². The van der Waals surface area contributed by atoms with Gasteiger partial charge in [0.15, 0.2) is 0 Å². The lowest BCUT2D eigenvalue weighted by molar-refractivity contribution is -0.154. The summed E-state index contributed by atoms with van der Waals surface area (Å²) in [6, 6.07) is 0. The van der Waals surface area contributed by atoms with Gasteiger partial charge < -0.3 is 20.1 Å². The number of rotatable bonds is 38. The fraction of sp³-hybridized carbons (Fsp3) is 0.825. The zero-order valence-corrected chi connectivity index (χ0v) is 32.6. The molecule has 0 aliphatic carbocycles. The van der Waals surface area contributed by atoms with Gasteiger partial charge in [-0.05, 0) is 44.9 Å². The molecule has 0 saturated carbocycles. The maximum Gasteiger partial charge on any atom is 0.472 e. The van der Waals surface area contributed by atoms with Crippen molar-refractivity contribution in [1.29, 1.82) is 0 Å². The molecule has 0 amide bonds. The molecule has 0 aromatic heterocycles. The summed E-state index contributed by atoms with van der Waals surface area (Å²) in [5, 5.41) is 0. The van der Waals surface area contributed by atoms with Crippen molar-refractivity contribution in [2.45, 2.75) is 180 Å². The Hall–Kier alpha value is -1.28. The van der Waals surface area contributed by atoms with E-state index >= 15 is 0 Å². The third-order valence-corrected chi connectivity index (χ3v) is 9.31. The molecule has 49 heavy (non-hydrogen) atoms. The molecule has 2 atom stereocenters.